The van der Waals surface area contributed by atoms with Crippen molar-refractivity contribution in [3.8, 4) is 0 Å². The summed E-state index contributed by atoms with van der Waals surface area (Å²) in [4.78, 5) is 11.4. The Bertz CT molecular complexity index is 614. The van der Waals surface area contributed by atoms with Crippen LogP contribution in [0.3, 0.4) is 0 Å². The van der Waals surface area contributed by atoms with Gasteiger partial charge in [-0.25, -0.2) is 4.79 Å². The van der Waals surface area contributed by atoms with E-state index in [9.17, 15) is 9.90 Å². The molecule has 0 fully saturated rings. The summed E-state index contributed by atoms with van der Waals surface area (Å²) in [6.45, 7) is 2.69. The van der Waals surface area contributed by atoms with Gasteiger partial charge in [-0.15, -0.1) is 0 Å². The number of rotatable bonds is 5. The fourth-order valence-corrected chi connectivity index (χ4v) is 2.55. The lowest BCUT2D eigenvalue weighted by Crippen LogP contribution is -2.02. The van der Waals surface area contributed by atoms with Crippen molar-refractivity contribution in [3.63, 3.8) is 0 Å². The molecule has 0 aliphatic rings. The quantitative estimate of drug-likeness (QED) is 0.867. The number of aryl methyl sites for hydroxylation is 3. The normalized spacial score (nSPS) is 11.1. The zero-order valence-electron chi connectivity index (χ0n) is 11.4. The third-order valence-corrected chi connectivity index (χ3v) is 3.51. The van der Waals surface area contributed by atoms with Gasteiger partial charge in [0.05, 0.1) is 11.1 Å². The third kappa shape index (κ3) is 2.49. The minimum atomic E-state index is -0.869. The van der Waals surface area contributed by atoms with E-state index in [2.05, 4.69) is 6.07 Å². The summed E-state index contributed by atoms with van der Waals surface area (Å²) < 4.78 is 1.91. The average molecular weight is 260 g/mol. The maximum atomic E-state index is 11.4. The molecular formula is C15H20N2O2. The largest absolute Gasteiger partial charge is 0.478 e. The second kappa shape index (κ2) is 5.45. The van der Waals surface area contributed by atoms with Crippen LogP contribution in [0.5, 0.6) is 0 Å². The van der Waals surface area contributed by atoms with Crippen LogP contribution < -0.4 is 5.73 Å². The van der Waals surface area contributed by atoms with E-state index >= 15 is 0 Å². The molecule has 0 aliphatic carbocycles. The molecule has 3 N–H and O–H groups in total. The second-order valence-electron chi connectivity index (χ2n) is 4.86. The molecule has 0 radical (unpaired) electrons. The number of carbonyl (C=O) groups is 1. The molecule has 0 aliphatic heterocycles. The van der Waals surface area contributed by atoms with Gasteiger partial charge in [0, 0.05) is 18.6 Å². The van der Waals surface area contributed by atoms with Crippen molar-refractivity contribution in [1.29, 1.82) is 0 Å². The molecule has 1 heterocycles. The number of benzene rings is 1. The Kier molecular flexibility index (Phi) is 3.90. The molecule has 0 bridgehead atoms. The van der Waals surface area contributed by atoms with E-state index in [0.717, 1.165) is 35.7 Å². The van der Waals surface area contributed by atoms with E-state index in [1.807, 2.05) is 24.7 Å². The summed E-state index contributed by atoms with van der Waals surface area (Å²) in [5, 5.41) is 10.4. The summed E-state index contributed by atoms with van der Waals surface area (Å²) in [7, 11) is 1.90. The first-order chi connectivity index (χ1) is 9.08. The first-order valence-electron chi connectivity index (χ1n) is 6.62. The van der Waals surface area contributed by atoms with E-state index in [4.69, 9.17) is 5.73 Å². The van der Waals surface area contributed by atoms with Gasteiger partial charge < -0.3 is 15.4 Å². The van der Waals surface area contributed by atoms with Crippen LogP contribution in [0.1, 0.15) is 34.8 Å². The monoisotopic (exact) mass is 260 g/mol. The van der Waals surface area contributed by atoms with Crippen LogP contribution in [-0.4, -0.2) is 22.2 Å². The highest BCUT2D eigenvalue weighted by molar-refractivity contribution is 6.03. The molecule has 102 valence electrons. The minimum absolute atomic E-state index is 0.385. The molecule has 1 aromatic carbocycles. The molecule has 0 amide bonds. The van der Waals surface area contributed by atoms with E-state index in [1.54, 1.807) is 6.07 Å². The number of carboxylic acids is 1. The molecule has 0 atom stereocenters. The highest BCUT2D eigenvalue weighted by Crippen LogP contribution is 2.27. The first kappa shape index (κ1) is 13.6. The summed E-state index contributed by atoms with van der Waals surface area (Å²) in [6, 6.07) is 3.88. The molecule has 1 aromatic heterocycles. The van der Waals surface area contributed by atoms with Crippen LogP contribution in [0.2, 0.25) is 0 Å². The van der Waals surface area contributed by atoms with Gasteiger partial charge in [0.1, 0.15) is 0 Å². The number of aromatic carboxylic acids is 1. The third-order valence-electron chi connectivity index (χ3n) is 3.51. The van der Waals surface area contributed by atoms with E-state index in [1.165, 1.54) is 5.56 Å². The zero-order valence-corrected chi connectivity index (χ0v) is 11.4. The van der Waals surface area contributed by atoms with Gasteiger partial charge in [-0.3, -0.25) is 0 Å². The molecule has 19 heavy (non-hydrogen) atoms. The Balaban J connectivity index is 2.68. The standard InChI is InChI=1S/C15H20N2O2/c1-3-10-7-12-11(5-4-6-16)9-17(2)14(12)13(8-10)15(18)19/h7-9H,3-6,16H2,1-2H3,(H,18,19). The fraction of sp³-hybridized carbons (Fsp3) is 0.400. The first-order valence-corrected chi connectivity index (χ1v) is 6.62. The number of nitrogens with zero attached hydrogens (tertiary/aromatic N) is 1. The number of nitrogens with two attached hydrogens (primary N) is 1. The van der Waals surface area contributed by atoms with Crippen molar-refractivity contribution in [3.05, 3.63) is 35.0 Å². The van der Waals surface area contributed by atoms with Gasteiger partial charge in [-0.1, -0.05) is 6.92 Å². The molecule has 0 spiro atoms. The lowest BCUT2D eigenvalue weighted by molar-refractivity contribution is 0.0698. The van der Waals surface area contributed by atoms with Crippen molar-refractivity contribution in [1.82, 2.24) is 4.57 Å². The SMILES string of the molecule is CCc1cc(C(=O)O)c2c(c1)c(CCCN)cn2C. The van der Waals surface area contributed by atoms with Crippen molar-refractivity contribution < 1.29 is 9.90 Å². The summed E-state index contributed by atoms with van der Waals surface area (Å²) in [6.07, 6.45) is 4.66. The maximum Gasteiger partial charge on any atom is 0.337 e. The summed E-state index contributed by atoms with van der Waals surface area (Å²) in [5.41, 5.74) is 8.99. The van der Waals surface area contributed by atoms with Gasteiger partial charge in [0.25, 0.3) is 0 Å². The Labute approximate surface area is 112 Å². The molecule has 0 saturated carbocycles. The molecular weight excluding hydrogens is 240 g/mol. The van der Waals surface area contributed by atoms with Gasteiger partial charge in [0.15, 0.2) is 0 Å². The van der Waals surface area contributed by atoms with Crippen LogP contribution in [0, 0.1) is 0 Å². The van der Waals surface area contributed by atoms with E-state index in [-0.39, 0.29) is 0 Å². The molecule has 4 heteroatoms. The molecule has 0 unspecified atom stereocenters. The summed E-state index contributed by atoms with van der Waals surface area (Å²) in [5.74, 6) is -0.869. The average Bonchev–Trinajstić information content (AvgIpc) is 2.72. The van der Waals surface area contributed by atoms with Crippen molar-refractivity contribution in [2.45, 2.75) is 26.2 Å². The van der Waals surface area contributed by atoms with Crippen LogP contribution in [0.4, 0.5) is 0 Å². The smallest absolute Gasteiger partial charge is 0.337 e. The number of hydrogen-bond donors (Lipinski definition) is 2. The van der Waals surface area contributed by atoms with Crippen molar-refractivity contribution in [2.75, 3.05) is 6.54 Å². The number of hydrogen-bond acceptors (Lipinski definition) is 2. The Morgan fingerprint density at radius 3 is 2.74 bits per heavy atom. The second-order valence-corrected chi connectivity index (χ2v) is 4.86. The van der Waals surface area contributed by atoms with Crippen molar-refractivity contribution >= 4 is 16.9 Å². The van der Waals surface area contributed by atoms with Gasteiger partial charge >= 0.3 is 5.97 Å². The predicted molar refractivity (Wildman–Crippen MR) is 76.6 cm³/mol. The predicted octanol–water partition coefficient (Wildman–Crippen LogP) is 2.33. The Hall–Kier alpha value is -1.81. The highest BCUT2D eigenvalue weighted by atomic mass is 16.4. The van der Waals surface area contributed by atoms with E-state index < -0.39 is 5.97 Å². The highest BCUT2D eigenvalue weighted by Gasteiger charge is 2.16. The number of aromatic nitrogens is 1. The topological polar surface area (TPSA) is 68.2 Å². The number of carboxylic acid groups (broad SMARTS) is 1. The number of fused-ring (bicyclic) bond motifs is 1. The lowest BCUT2D eigenvalue weighted by atomic mass is 10.0. The van der Waals surface area contributed by atoms with Crippen LogP contribution in [-0.2, 0) is 19.9 Å². The summed E-state index contributed by atoms with van der Waals surface area (Å²) >= 11 is 0. The van der Waals surface area contributed by atoms with E-state index in [0.29, 0.717) is 12.1 Å². The Morgan fingerprint density at radius 1 is 1.42 bits per heavy atom. The molecule has 0 saturated heterocycles. The van der Waals surface area contributed by atoms with Gasteiger partial charge in [0.2, 0.25) is 0 Å². The minimum Gasteiger partial charge on any atom is -0.478 e. The zero-order chi connectivity index (χ0) is 14.0. The molecule has 4 nitrogen and oxygen atoms in total. The maximum absolute atomic E-state index is 11.4. The molecule has 2 rings (SSSR count). The molecule has 2 aromatic rings. The van der Waals surface area contributed by atoms with Gasteiger partial charge in [-0.2, -0.15) is 0 Å². The fourth-order valence-electron chi connectivity index (χ4n) is 2.55. The van der Waals surface area contributed by atoms with Crippen LogP contribution in [0.25, 0.3) is 10.9 Å². The van der Waals surface area contributed by atoms with Crippen LogP contribution >= 0.6 is 0 Å². The van der Waals surface area contributed by atoms with Crippen molar-refractivity contribution in [2.24, 2.45) is 12.8 Å². The lowest BCUT2D eigenvalue weighted by Gasteiger charge is -2.06. The Morgan fingerprint density at radius 2 is 2.16 bits per heavy atom. The van der Waals surface area contributed by atoms with Crippen LogP contribution in [0.15, 0.2) is 18.3 Å². The van der Waals surface area contributed by atoms with Gasteiger partial charge in [-0.05, 0) is 49.1 Å².